The van der Waals surface area contributed by atoms with E-state index in [2.05, 4.69) is 52.8 Å². The number of aryl methyl sites for hydroxylation is 1. The highest BCUT2D eigenvalue weighted by Gasteiger charge is 2.01. The summed E-state index contributed by atoms with van der Waals surface area (Å²) in [5.74, 6) is 0.882. The monoisotopic (exact) mass is 263 g/mol. The van der Waals surface area contributed by atoms with Crippen LogP contribution >= 0.6 is 0 Å². The van der Waals surface area contributed by atoms with Gasteiger partial charge in [0.1, 0.15) is 5.82 Å². The molecule has 0 atom stereocenters. The second-order valence-electron chi connectivity index (χ2n) is 4.97. The molecule has 1 aromatic heterocycles. The standard InChI is InChI=1S/C17H17N3/c1-12-8-16(18)11-20-17(12)19-10-13-6-7-14-4-2-3-5-15(14)9-13/h2-9,11H,10,18H2,1H3,(H,19,20). The molecular formula is C17H17N3. The summed E-state index contributed by atoms with van der Waals surface area (Å²) in [7, 11) is 0. The first-order valence-electron chi connectivity index (χ1n) is 6.66. The predicted molar refractivity (Wildman–Crippen MR) is 84.7 cm³/mol. The zero-order chi connectivity index (χ0) is 13.9. The lowest BCUT2D eigenvalue weighted by Gasteiger charge is -2.09. The van der Waals surface area contributed by atoms with Gasteiger partial charge in [-0.2, -0.15) is 0 Å². The van der Waals surface area contributed by atoms with Crippen LogP contribution in [-0.2, 0) is 6.54 Å². The van der Waals surface area contributed by atoms with Crippen molar-refractivity contribution < 1.29 is 0 Å². The number of nitrogen functional groups attached to an aromatic ring is 1. The van der Waals surface area contributed by atoms with Gasteiger partial charge in [0, 0.05) is 6.54 Å². The number of benzene rings is 2. The molecule has 0 bridgehead atoms. The lowest BCUT2D eigenvalue weighted by atomic mass is 10.1. The summed E-state index contributed by atoms with van der Waals surface area (Å²) in [5, 5.41) is 5.87. The van der Waals surface area contributed by atoms with Crippen LogP contribution in [0.4, 0.5) is 11.5 Å². The molecular weight excluding hydrogens is 246 g/mol. The van der Waals surface area contributed by atoms with Crippen LogP contribution in [0.3, 0.4) is 0 Å². The van der Waals surface area contributed by atoms with Crippen LogP contribution in [0.1, 0.15) is 11.1 Å². The zero-order valence-corrected chi connectivity index (χ0v) is 11.4. The topological polar surface area (TPSA) is 50.9 Å². The molecule has 0 unspecified atom stereocenters. The molecule has 3 heteroatoms. The first-order valence-corrected chi connectivity index (χ1v) is 6.66. The average Bonchev–Trinajstić information content (AvgIpc) is 2.46. The summed E-state index contributed by atoms with van der Waals surface area (Å²) in [6.45, 7) is 2.76. The van der Waals surface area contributed by atoms with Gasteiger partial charge in [0.25, 0.3) is 0 Å². The molecule has 1 heterocycles. The molecule has 3 nitrogen and oxygen atoms in total. The molecule has 3 N–H and O–H groups in total. The Hall–Kier alpha value is -2.55. The summed E-state index contributed by atoms with van der Waals surface area (Å²) >= 11 is 0. The Kier molecular flexibility index (Phi) is 3.25. The number of pyridine rings is 1. The van der Waals surface area contributed by atoms with Crippen molar-refractivity contribution in [1.29, 1.82) is 0 Å². The Morgan fingerprint density at radius 3 is 2.65 bits per heavy atom. The molecule has 0 saturated heterocycles. The molecule has 0 fully saturated rings. The molecule has 20 heavy (non-hydrogen) atoms. The first kappa shape index (κ1) is 12.5. The van der Waals surface area contributed by atoms with Gasteiger partial charge < -0.3 is 11.1 Å². The number of fused-ring (bicyclic) bond motifs is 1. The average molecular weight is 263 g/mol. The maximum Gasteiger partial charge on any atom is 0.129 e. The van der Waals surface area contributed by atoms with E-state index in [9.17, 15) is 0 Å². The molecule has 0 amide bonds. The number of anilines is 2. The third kappa shape index (κ3) is 2.57. The second-order valence-corrected chi connectivity index (χ2v) is 4.97. The van der Waals surface area contributed by atoms with Gasteiger partial charge in [0.05, 0.1) is 11.9 Å². The Labute approximate surface area is 118 Å². The summed E-state index contributed by atoms with van der Waals surface area (Å²) in [6.07, 6.45) is 1.68. The van der Waals surface area contributed by atoms with Crippen molar-refractivity contribution >= 4 is 22.3 Å². The van der Waals surface area contributed by atoms with E-state index in [1.165, 1.54) is 16.3 Å². The van der Waals surface area contributed by atoms with E-state index in [4.69, 9.17) is 5.73 Å². The largest absolute Gasteiger partial charge is 0.397 e. The van der Waals surface area contributed by atoms with E-state index >= 15 is 0 Å². The van der Waals surface area contributed by atoms with Gasteiger partial charge >= 0.3 is 0 Å². The van der Waals surface area contributed by atoms with Crippen molar-refractivity contribution in [2.75, 3.05) is 11.1 Å². The number of aromatic nitrogens is 1. The molecule has 0 aliphatic carbocycles. The highest BCUT2D eigenvalue weighted by Crippen LogP contribution is 2.18. The van der Waals surface area contributed by atoms with Gasteiger partial charge in [-0.1, -0.05) is 36.4 Å². The minimum absolute atomic E-state index is 0.693. The predicted octanol–water partition coefficient (Wildman–Crippen LogP) is 3.74. The fourth-order valence-electron chi connectivity index (χ4n) is 2.32. The Balaban J connectivity index is 1.79. The van der Waals surface area contributed by atoms with E-state index in [0.717, 1.165) is 17.9 Å². The molecule has 100 valence electrons. The Bertz CT molecular complexity index is 750. The van der Waals surface area contributed by atoms with Gasteiger partial charge in [-0.25, -0.2) is 4.98 Å². The highest BCUT2D eigenvalue weighted by atomic mass is 15.0. The van der Waals surface area contributed by atoms with E-state index < -0.39 is 0 Å². The Morgan fingerprint density at radius 1 is 1.05 bits per heavy atom. The quantitative estimate of drug-likeness (QED) is 0.757. The minimum atomic E-state index is 0.693. The van der Waals surface area contributed by atoms with Crippen molar-refractivity contribution in [1.82, 2.24) is 4.98 Å². The number of nitrogens with zero attached hydrogens (tertiary/aromatic N) is 1. The van der Waals surface area contributed by atoms with Gasteiger partial charge in [0.15, 0.2) is 0 Å². The van der Waals surface area contributed by atoms with Crippen LogP contribution in [0.25, 0.3) is 10.8 Å². The van der Waals surface area contributed by atoms with Crippen molar-refractivity contribution in [3.8, 4) is 0 Å². The van der Waals surface area contributed by atoms with Gasteiger partial charge in [-0.15, -0.1) is 0 Å². The number of hydrogen-bond acceptors (Lipinski definition) is 3. The fraction of sp³-hybridized carbons (Fsp3) is 0.118. The van der Waals surface area contributed by atoms with E-state index in [1.807, 2.05) is 13.0 Å². The van der Waals surface area contributed by atoms with Gasteiger partial charge in [-0.05, 0) is 41.0 Å². The number of nitrogens with one attached hydrogen (secondary N) is 1. The number of nitrogens with two attached hydrogens (primary N) is 1. The van der Waals surface area contributed by atoms with E-state index in [0.29, 0.717) is 5.69 Å². The zero-order valence-electron chi connectivity index (χ0n) is 11.4. The third-order valence-electron chi connectivity index (χ3n) is 3.37. The molecule has 3 rings (SSSR count). The van der Waals surface area contributed by atoms with Crippen molar-refractivity contribution in [3.05, 3.63) is 65.9 Å². The maximum atomic E-state index is 5.71. The van der Waals surface area contributed by atoms with Crippen molar-refractivity contribution in [2.24, 2.45) is 0 Å². The van der Waals surface area contributed by atoms with Gasteiger partial charge in [0.2, 0.25) is 0 Å². The summed E-state index contributed by atoms with van der Waals surface area (Å²) in [6, 6.07) is 16.8. The molecule has 0 radical (unpaired) electrons. The fourth-order valence-corrected chi connectivity index (χ4v) is 2.32. The van der Waals surface area contributed by atoms with E-state index in [1.54, 1.807) is 6.20 Å². The molecule has 0 spiro atoms. The number of rotatable bonds is 3. The van der Waals surface area contributed by atoms with Gasteiger partial charge in [-0.3, -0.25) is 0 Å². The van der Waals surface area contributed by atoms with Crippen LogP contribution in [0.5, 0.6) is 0 Å². The molecule has 0 aliphatic heterocycles. The Morgan fingerprint density at radius 2 is 1.85 bits per heavy atom. The van der Waals surface area contributed by atoms with Crippen molar-refractivity contribution in [3.63, 3.8) is 0 Å². The maximum absolute atomic E-state index is 5.71. The highest BCUT2D eigenvalue weighted by molar-refractivity contribution is 5.83. The van der Waals surface area contributed by atoms with Crippen LogP contribution in [-0.4, -0.2) is 4.98 Å². The summed E-state index contributed by atoms with van der Waals surface area (Å²) in [5.41, 5.74) is 8.70. The lowest BCUT2D eigenvalue weighted by molar-refractivity contribution is 1.10. The molecule has 0 aliphatic rings. The SMILES string of the molecule is Cc1cc(N)cnc1NCc1ccc2ccccc2c1. The first-order chi connectivity index (χ1) is 9.72. The minimum Gasteiger partial charge on any atom is -0.397 e. The molecule has 3 aromatic rings. The smallest absolute Gasteiger partial charge is 0.129 e. The van der Waals surface area contributed by atoms with Crippen LogP contribution < -0.4 is 11.1 Å². The van der Waals surface area contributed by atoms with Crippen LogP contribution in [0.15, 0.2) is 54.7 Å². The number of hydrogen-bond donors (Lipinski definition) is 2. The third-order valence-corrected chi connectivity index (χ3v) is 3.37. The summed E-state index contributed by atoms with van der Waals surface area (Å²) in [4.78, 5) is 4.32. The normalized spacial score (nSPS) is 10.7. The molecule has 0 saturated carbocycles. The van der Waals surface area contributed by atoms with Crippen LogP contribution in [0, 0.1) is 6.92 Å². The molecule has 2 aromatic carbocycles. The summed E-state index contributed by atoms with van der Waals surface area (Å²) < 4.78 is 0. The lowest BCUT2D eigenvalue weighted by Crippen LogP contribution is -2.03. The van der Waals surface area contributed by atoms with Crippen molar-refractivity contribution in [2.45, 2.75) is 13.5 Å². The second kappa shape index (κ2) is 5.21. The van der Waals surface area contributed by atoms with E-state index in [-0.39, 0.29) is 0 Å². The van der Waals surface area contributed by atoms with Crippen LogP contribution in [0.2, 0.25) is 0 Å².